The van der Waals surface area contributed by atoms with Gasteiger partial charge in [-0.1, -0.05) is 27.7 Å². The van der Waals surface area contributed by atoms with Crippen LogP contribution in [-0.2, 0) is 0 Å². The quantitative estimate of drug-likeness (QED) is 0.727. The molecule has 2 heteroatoms. The highest BCUT2D eigenvalue weighted by atomic mass is 15.0. The molecule has 0 aromatic carbocycles. The fourth-order valence-corrected chi connectivity index (χ4v) is 2.87. The number of rotatable bonds is 6. The zero-order chi connectivity index (χ0) is 12.1. The Kier molecular flexibility index (Phi) is 5.77. The summed E-state index contributed by atoms with van der Waals surface area (Å²) < 4.78 is 0. The number of nitrogens with one attached hydrogen (secondary N) is 2. The predicted octanol–water partition coefficient (Wildman–Crippen LogP) is 2.50. The van der Waals surface area contributed by atoms with Gasteiger partial charge in [-0.3, -0.25) is 0 Å². The monoisotopic (exact) mass is 226 g/mol. The maximum absolute atomic E-state index is 3.68. The van der Waals surface area contributed by atoms with Crippen molar-refractivity contribution in [2.45, 2.75) is 47.1 Å². The molecule has 0 spiro atoms. The van der Waals surface area contributed by atoms with Crippen LogP contribution in [0.1, 0.15) is 41.0 Å². The fraction of sp³-hybridized carbons (Fsp3) is 1.00. The Labute approximate surface area is 102 Å². The SMILES string of the molecule is CC(C)C(CNCC1CCNC1C)C(C)C. The van der Waals surface area contributed by atoms with Crippen LogP contribution in [0.2, 0.25) is 0 Å². The van der Waals surface area contributed by atoms with Crippen molar-refractivity contribution < 1.29 is 0 Å². The van der Waals surface area contributed by atoms with E-state index in [9.17, 15) is 0 Å². The largest absolute Gasteiger partial charge is 0.316 e. The number of hydrogen-bond acceptors (Lipinski definition) is 2. The van der Waals surface area contributed by atoms with E-state index >= 15 is 0 Å². The summed E-state index contributed by atoms with van der Waals surface area (Å²) in [6.07, 6.45) is 1.34. The maximum atomic E-state index is 3.68. The smallest absolute Gasteiger partial charge is 0.00795 e. The highest BCUT2D eigenvalue weighted by Crippen LogP contribution is 2.20. The van der Waals surface area contributed by atoms with Gasteiger partial charge in [0.15, 0.2) is 0 Å². The average Bonchev–Trinajstić information content (AvgIpc) is 2.57. The maximum Gasteiger partial charge on any atom is 0.00795 e. The van der Waals surface area contributed by atoms with Crippen molar-refractivity contribution in [3.05, 3.63) is 0 Å². The van der Waals surface area contributed by atoms with E-state index < -0.39 is 0 Å². The lowest BCUT2D eigenvalue weighted by atomic mass is 9.85. The van der Waals surface area contributed by atoms with Gasteiger partial charge in [-0.05, 0) is 56.7 Å². The van der Waals surface area contributed by atoms with E-state index in [0.717, 1.165) is 23.7 Å². The molecule has 1 rings (SSSR count). The summed E-state index contributed by atoms with van der Waals surface area (Å²) in [5.41, 5.74) is 0. The Morgan fingerprint density at radius 2 is 1.81 bits per heavy atom. The Morgan fingerprint density at radius 1 is 1.19 bits per heavy atom. The van der Waals surface area contributed by atoms with Crippen LogP contribution >= 0.6 is 0 Å². The third-order valence-corrected chi connectivity index (χ3v) is 4.19. The third-order valence-electron chi connectivity index (χ3n) is 4.19. The van der Waals surface area contributed by atoms with Crippen LogP contribution in [0.4, 0.5) is 0 Å². The summed E-state index contributed by atoms with van der Waals surface area (Å²) in [7, 11) is 0. The molecule has 2 atom stereocenters. The van der Waals surface area contributed by atoms with Crippen LogP contribution in [0, 0.1) is 23.7 Å². The lowest BCUT2D eigenvalue weighted by Crippen LogP contribution is -2.36. The molecule has 0 amide bonds. The first-order valence-corrected chi connectivity index (χ1v) is 6.96. The van der Waals surface area contributed by atoms with Gasteiger partial charge in [-0.2, -0.15) is 0 Å². The Balaban J connectivity index is 2.22. The standard InChI is InChI=1S/C14H30N2/c1-10(2)14(11(3)4)9-15-8-13-6-7-16-12(13)5/h10-16H,6-9H2,1-5H3. The van der Waals surface area contributed by atoms with Gasteiger partial charge in [0, 0.05) is 6.04 Å². The zero-order valence-corrected chi connectivity index (χ0v) is 11.7. The van der Waals surface area contributed by atoms with Crippen molar-refractivity contribution in [2.75, 3.05) is 19.6 Å². The molecule has 1 aliphatic heterocycles. The van der Waals surface area contributed by atoms with Crippen LogP contribution in [0.15, 0.2) is 0 Å². The first kappa shape index (κ1) is 14.0. The zero-order valence-electron chi connectivity index (χ0n) is 11.7. The van der Waals surface area contributed by atoms with Gasteiger partial charge in [0.05, 0.1) is 0 Å². The summed E-state index contributed by atoms with van der Waals surface area (Å²) in [4.78, 5) is 0. The molecule has 1 heterocycles. The van der Waals surface area contributed by atoms with Crippen LogP contribution < -0.4 is 10.6 Å². The highest BCUT2D eigenvalue weighted by Gasteiger charge is 2.23. The summed E-state index contributed by atoms with van der Waals surface area (Å²) in [6, 6.07) is 0.698. The Bertz CT molecular complexity index is 181. The van der Waals surface area contributed by atoms with E-state index in [-0.39, 0.29) is 0 Å². The first-order valence-electron chi connectivity index (χ1n) is 6.96. The van der Waals surface area contributed by atoms with Crippen LogP contribution in [-0.4, -0.2) is 25.7 Å². The molecule has 1 fully saturated rings. The van der Waals surface area contributed by atoms with Crippen molar-refractivity contribution in [1.29, 1.82) is 0 Å². The molecule has 16 heavy (non-hydrogen) atoms. The van der Waals surface area contributed by atoms with Gasteiger partial charge in [0.25, 0.3) is 0 Å². The van der Waals surface area contributed by atoms with E-state index in [2.05, 4.69) is 45.3 Å². The molecule has 1 saturated heterocycles. The number of hydrogen-bond donors (Lipinski definition) is 2. The second-order valence-corrected chi connectivity index (χ2v) is 6.10. The summed E-state index contributed by atoms with van der Waals surface area (Å²) in [5, 5.41) is 7.19. The normalized spacial score (nSPS) is 26.2. The minimum Gasteiger partial charge on any atom is -0.316 e. The molecule has 2 unspecified atom stereocenters. The first-order chi connectivity index (χ1) is 7.52. The van der Waals surface area contributed by atoms with Gasteiger partial charge >= 0.3 is 0 Å². The molecule has 2 N–H and O–H groups in total. The molecular formula is C14H30N2. The summed E-state index contributed by atoms with van der Waals surface area (Å²) in [6.45, 7) is 15.2. The molecule has 0 aromatic heterocycles. The molecule has 0 radical (unpaired) electrons. The molecule has 0 bridgehead atoms. The van der Waals surface area contributed by atoms with Crippen molar-refractivity contribution in [3.8, 4) is 0 Å². The molecule has 96 valence electrons. The van der Waals surface area contributed by atoms with Gasteiger partial charge in [-0.25, -0.2) is 0 Å². The second kappa shape index (κ2) is 6.61. The summed E-state index contributed by atoms with van der Waals surface area (Å²) >= 11 is 0. The third kappa shape index (κ3) is 4.06. The average molecular weight is 226 g/mol. The minimum absolute atomic E-state index is 0.698. The van der Waals surface area contributed by atoms with Crippen LogP contribution in [0.25, 0.3) is 0 Å². The van der Waals surface area contributed by atoms with Crippen molar-refractivity contribution in [2.24, 2.45) is 23.7 Å². The minimum atomic E-state index is 0.698. The predicted molar refractivity (Wildman–Crippen MR) is 71.6 cm³/mol. The van der Waals surface area contributed by atoms with Crippen LogP contribution in [0.5, 0.6) is 0 Å². The molecule has 1 aliphatic rings. The van der Waals surface area contributed by atoms with E-state index in [1.165, 1.54) is 26.1 Å². The van der Waals surface area contributed by atoms with Crippen molar-refractivity contribution in [1.82, 2.24) is 10.6 Å². The van der Waals surface area contributed by atoms with Gasteiger partial charge < -0.3 is 10.6 Å². The topological polar surface area (TPSA) is 24.1 Å². The Hall–Kier alpha value is -0.0800. The van der Waals surface area contributed by atoms with Crippen LogP contribution in [0.3, 0.4) is 0 Å². The van der Waals surface area contributed by atoms with E-state index in [1.54, 1.807) is 0 Å². The van der Waals surface area contributed by atoms with E-state index in [1.807, 2.05) is 0 Å². The van der Waals surface area contributed by atoms with E-state index in [0.29, 0.717) is 6.04 Å². The lowest BCUT2D eigenvalue weighted by Gasteiger charge is -2.26. The van der Waals surface area contributed by atoms with Crippen molar-refractivity contribution in [3.63, 3.8) is 0 Å². The highest BCUT2D eigenvalue weighted by molar-refractivity contribution is 4.82. The van der Waals surface area contributed by atoms with Crippen molar-refractivity contribution >= 4 is 0 Å². The van der Waals surface area contributed by atoms with Gasteiger partial charge in [0.2, 0.25) is 0 Å². The second-order valence-electron chi connectivity index (χ2n) is 6.10. The Morgan fingerprint density at radius 3 is 2.25 bits per heavy atom. The molecule has 0 aromatic rings. The molecule has 0 aliphatic carbocycles. The van der Waals surface area contributed by atoms with Gasteiger partial charge in [0.1, 0.15) is 0 Å². The summed E-state index contributed by atoms with van der Waals surface area (Å²) in [5.74, 6) is 3.21. The lowest BCUT2D eigenvalue weighted by molar-refractivity contribution is 0.268. The van der Waals surface area contributed by atoms with E-state index in [4.69, 9.17) is 0 Å². The molecule has 0 saturated carbocycles. The molecule has 2 nitrogen and oxygen atoms in total. The fourth-order valence-electron chi connectivity index (χ4n) is 2.87. The molecular weight excluding hydrogens is 196 g/mol. The van der Waals surface area contributed by atoms with Gasteiger partial charge in [-0.15, -0.1) is 0 Å².